The number of H-pyrrole nitrogens is 1. The molecule has 2 N–H and O–H groups in total. The third kappa shape index (κ3) is 3.48. The van der Waals surface area contributed by atoms with Crippen molar-refractivity contribution in [3.05, 3.63) is 47.3 Å². The van der Waals surface area contributed by atoms with Crippen LogP contribution in [-0.4, -0.2) is 26.0 Å². The summed E-state index contributed by atoms with van der Waals surface area (Å²) >= 11 is 0. The van der Waals surface area contributed by atoms with Gasteiger partial charge in [-0.05, 0) is 38.5 Å². The molecule has 2 aromatic rings. The number of hydrogen-bond donors (Lipinski definition) is 2. The number of esters is 1. The van der Waals surface area contributed by atoms with Gasteiger partial charge in [0, 0.05) is 6.20 Å². The van der Waals surface area contributed by atoms with Crippen molar-refractivity contribution in [1.29, 1.82) is 0 Å². The number of hydrogen-bond acceptors (Lipinski definition) is 4. The molecule has 0 radical (unpaired) electrons. The van der Waals surface area contributed by atoms with E-state index in [-0.39, 0.29) is 22.9 Å². The Morgan fingerprint density at radius 2 is 2.00 bits per heavy atom. The fourth-order valence-electron chi connectivity index (χ4n) is 2.09. The number of nitrogens with one attached hydrogen (secondary N) is 2. The van der Waals surface area contributed by atoms with Crippen molar-refractivity contribution in [2.24, 2.45) is 0 Å². The number of rotatable bonds is 5. The first-order valence-corrected chi connectivity index (χ1v) is 8.27. The molecule has 7 heteroatoms. The van der Waals surface area contributed by atoms with Crippen LogP contribution in [0.1, 0.15) is 28.5 Å². The van der Waals surface area contributed by atoms with Crippen LogP contribution in [0.25, 0.3) is 0 Å². The molecule has 6 nitrogen and oxygen atoms in total. The zero-order valence-corrected chi connectivity index (χ0v) is 13.5. The van der Waals surface area contributed by atoms with E-state index in [0.717, 1.165) is 5.56 Å². The Hall–Kier alpha value is -2.28. The van der Waals surface area contributed by atoms with E-state index < -0.39 is 16.0 Å². The molecule has 0 aliphatic rings. The molecule has 1 heterocycles. The fraction of sp³-hybridized carbons (Fsp3) is 0.267. The Balaban J connectivity index is 2.24. The van der Waals surface area contributed by atoms with E-state index in [0.29, 0.717) is 5.56 Å². The first-order chi connectivity index (χ1) is 10.3. The van der Waals surface area contributed by atoms with Gasteiger partial charge >= 0.3 is 5.97 Å². The number of anilines is 1. The first kappa shape index (κ1) is 16.1. The van der Waals surface area contributed by atoms with Gasteiger partial charge in [0.05, 0.1) is 17.2 Å². The Kier molecular flexibility index (Phi) is 4.56. The summed E-state index contributed by atoms with van der Waals surface area (Å²) in [7, 11) is -3.71. The molecule has 0 saturated carbocycles. The quantitative estimate of drug-likeness (QED) is 0.828. The first-order valence-electron chi connectivity index (χ1n) is 6.79. The van der Waals surface area contributed by atoms with E-state index in [1.165, 1.54) is 12.3 Å². The van der Waals surface area contributed by atoms with E-state index in [2.05, 4.69) is 9.71 Å². The molecule has 0 spiro atoms. The topological polar surface area (TPSA) is 88.3 Å². The van der Waals surface area contributed by atoms with Crippen molar-refractivity contribution >= 4 is 21.7 Å². The van der Waals surface area contributed by atoms with Crippen LogP contribution in [0.3, 0.4) is 0 Å². The fourth-order valence-corrected chi connectivity index (χ4v) is 3.36. The number of aryl methyl sites for hydroxylation is 2. The van der Waals surface area contributed by atoms with Gasteiger partial charge in [-0.15, -0.1) is 0 Å². The Morgan fingerprint density at radius 1 is 1.27 bits per heavy atom. The van der Waals surface area contributed by atoms with Crippen LogP contribution in [0.2, 0.25) is 0 Å². The smallest absolute Gasteiger partial charge is 0.354 e. The zero-order valence-electron chi connectivity index (χ0n) is 12.6. The second-order valence-electron chi connectivity index (χ2n) is 4.90. The maximum Gasteiger partial charge on any atom is 0.354 e. The van der Waals surface area contributed by atoms with Crippen molar-refractivity contribution in [2.45, 2.75) is 25.7 Å². The Bertz CT molecular complexity index is 794. The van der Waals surface area contributed by atoms with Crippen molar-refractivity contribution in [2.75, 3.05) is 11.3 Å². The summed E-state index contributed by atoms with van der Waals surface area (Å²) in [6, 6.07) is 6.50. The van der Waals surface area contributed by atoms with Crippen LogP contribution in [-0.2, 0) is 14.8 Å². The predicted molar refractivity (Wildman–Crippen MR) is 83.5 cm³/mol. The van der Waals surface area contributed by atoms with E-state index in [1.54, 1.807) is 32.0 Å². The third-order valence-corrected chi connectivity index (χ3v) is 4.59. The van der Waals surface area contributed by atoms with Crippen molar-refractivity contribution in [3.8, 4) is 0 Å². The maximum absolute atomic E-state index is 12.4. The minimum Gasteiger partial charge on any atom is -0.461 e. The van der Waals surface area contributed by atoms with Crippen LogP contribution in [0.5, 0.6) is 0 Å². The van der Waals surface area contributed by atoms with Gasteiger partial charge in [-0.2, -0.15) is 0 Å². The average Bonchev–Trinajstić information content (AvgIpc) is 2.86. The second-order valence-corrected chi connectivity index (χ2v) is 6.55. The maximum atomic E-state index is 12.4. The zero-order chi connectivity index (χ0) is 16.3. The normalized spacial score (nSPS) is 11.2. The third-order valence-electron chi connectivity index (χ3n) is 3.05. The van der Waals surface area contributed by atoms with Crippen molar-refractivity contribution in [1.82, 2.24) is 4.98 Å². The lowest BCUT2D eigenvalue weighted by atomic mass is 10.2. The number of carbonyl (C=O) groups is 1. The SMILES string of the molecule is CCOC(=O)c1cc(NS(=O)(=O)c2ccc(C)cc2C)c[nH]1. The summed E-state index contributed by atoms with van der Waals surface area (Å²) in [5, 5.41) is 0. The van der Waals surface area contributed by atoms with Gasteiger partial charge in [-0.1, -0.05) is 17.7 Å². The van der Waals surface area contributed by atoms with Gasteiger partial charge in [-0.25, -0.2) is 13.2 Å². The summed E-state index contributed by atoms with van der Waals surface area (Å²) in [5.74, 6) is -0.528. The molecule has 2 rings (SSSR count). The summed E-state index contributed by atoms with van der Waals surface area (Å²) in [6.07, 6.45) is 1.41. The summed E-state index contributed by atoms with van der Waals surface area (Å²) in [4.78, 5) is 14.4. The lowest BCUT2D eigenvalue weighted by Gasteiger charge is -2.09. The van der Waals surface area contributed by atoms with Gasteiger partial charge in [0.15, 0.2) is 0 Å². The van der Waals surface area contributed by atoms with Gasteiger partial charge < -0.3 is 9.72 Å². The molecule has 1 aromatic carbocycles. The highest BCUT2D eigenvalue weighted by Gasteiger charge is 2.18. The highest BCUT2D eigenvalue weighted by molar-refractivity contribution is 7.92. The van der Waals surface area contributed by atoms with E-state index in [9.17, 15) is 13.2 Å². The minimum atomic E-state index is -3.71. The van der Waals surface area contributed by atoms with Crippen molar-refractivity contribution in [3.63, 3.8) is 0 Å². The lowest BCUT2D eigenvalue weighted by molar-refractivity contribution is 0.0520. The van der Waals surface area contributed by atoms with Gasteiger partial charge in [-0.3, -0.25) is 4.72 Å². The molecule has 0 aliphatic heterocycles. The Morgan fingerprint density at radius 3 is 2.64 bits per heavy atom. The second kappa shape index (κ2) is 6.23. The summed E-state index contributed by atoms with van der Waals surface area (Å²) in [5.41, 5.74) is 2.12. The number of carbonyl (C=O) groups excluding carboxylic acids is 1. The van der Waals surface area contributed by atoms with E-state index >= 15 is 0 Å². The molecule has 22 heavy (non-hydrogen) atoms. The van der Waals surface area contributed by atoms with E-state index in [1.807, 2.05) is 6.92 Å². The molecule has 0 saturated heterocycles. The molecule has 118 valence electrons. The molecule has 0 unspecified atom stereocenters. The number of sulfonamides is 1. The molecule has 0 aliphatic carbocycles. The van der Waals surface area contributed by atoms with Crippen LogP contribution >= 0.6 is 0 Å². The number of aromatic amines is 1. The molecular formula is C15H18N2O4S. The summed E-state index contributed by atoms with van der Waals surface area (Å²) in [6.45, 7) is 5.59. The van der Waals surface area contributed by atoms with Crippen molar-refractivity contribution < 1.29 is 17.9 Å². The highest BCUT2D eigenvalue weighted by Crippen LogP contribution is 2.21. The minimum absolute atomic E-state index is 0.195. The molecule has 1 aromatic heterocycles. The predicted octanol–water partition coefficient (Wildman–Crippen LogP) is 2.61. The van der Waals surface area contributed by atoms with Crippen LogP contribution in [0, 0.1) is 13.8 Å². The molecular weight excluding hydrogens is 304 g/mol. The van der Waals surface area contributed by atoms with Gasteiger partial charge in [0.2, 0.25) is 0 Å². The Labute approximate surface area is 129 Å². The highest BCUT2D eigenvalue weighted by atomic mass is 32.2. The van der Waals surface area contributed by atoms with Crippen LogP contribution in [0.4, 0.5) is 5.69 Å². The lowest BCUT2D eigenvalue weighted by Crippen LogP contribution is -2.14. The number of aromatic nitrogens is 1. The van der Waals surface area contributed by atoms with Crippen LogP contribution in [0.15, 0.2) is 35.4 Å². The molecule has 0 fully saturated rings. The standard InChI is InChI=1S/C15H18N2O4S/c1-4-21-15(18)13-8-12(9-16-13)17-22(19,20)14-6-5-10(2)7-11(14)3/h5-9,16-17H,4H2,1-3H3. The number of ether oxygens (including phenoxy) is 1. The van der Waals surface area contributed by atoms with Crippen LogP contribution < -0.4 is 4.72 Å². The molecule has 0 atom stereocenters. The van der Waals surface area contributed by atoms with Gasteiger partial charge in [0.25, 0.3) is 10.0 Å². The summed E-state index contributed by atoms with van der Waals surface area (Å²) < 4.78 is 32.1. The number of benzene rings is 1. The van der Waals surface area contributed by atoms with Gasteiger partial charge in [0.1, 0.15) is 5.69 Å². The average molecular weight is 322 g/mol. The largest absolute Gasteiger partial charge is 0.461 e. The molecule has 0 bridgehead atoms. The van der Waals surface area contributed by atoms with E-state index in [4.69, 9.17) is 4.74 Å². The monoisotopic (exact) mass is 322 g/mol. The molecule has 0 amide bonds.